The Morgan fingerprint density at radius 1 is 1.18 bits per heavy atom. The summed E-state index contributed by atoms with van der Waals surface area (Å²) in [5, 5.41) is 10.0. The third-order valence-corrected chi connectivity index (χ3v) is 5.72. The molecule has 0 unspecified atom stereocenters. The van der Waals surface area contributed by atoms with E-state index in [0.717, 1.165) is 0 Å². The summed E-state index contributed by atoms with van der Waals surface area (Å²) in [6, 6.07) is 9.25. The van der Waals surface area contributed by atoms with Gasteiger partial charge in [-0.15, -0.1) is 0 Å². The Morgan fingerprint density at radius 3 is 2.76 bits per heavy atom. The largest absolute Gasteiger partial charge is 0.422 e. The molecular formula is C22H19F2N5O3S. The molecule has 0 spiro atoms. The molecule has 0 aliphatic rings. The van der Waals surface area contributed by atoms with E-state index in [1.165, 1.54) is 37.6 Å². The second-order valence-electron chi connectivity index (χ2n) is 7.04. The molecule has 1 aromatic carbocycles. The second kappa shape index (κ2) is 9.63. The summed E-state index contributed by atoms with van der Waals surface area (Å²) in [6.07, 6.45) is 2.85. The van der Waals surface area contributed by atoms with Crippen molar-refractivity contribution in [2.45, 2.75) is 13.3 Å². The number of aryl methyl sites for hydroxylation is 1. The van der Waals surface area contributed by atoms with Gasteiger partial charge in [0.05, 0.1) is 12.1 Å². The monoisotopic (exact) mass is 471 g/mol. The average molecular weight is 471 g/mol. The lowest BCUT2D eigenvalue weighted by Gasteiger charge is -2.14. The van der Waals surface area contributed by atoms with Crippen molar-refractivity contribution in [1.82, 2.24) is 20.0 Å². The van der Waals surface area contributed by atoms with Crippen LogP contribution in [0.4, 0.5) is 14.6 Å². The first-order chi connectivity index (χ1) is 15.9. The van der Waals surface area contributed by atoms with Gasteiger partial charge in [0.15, 0.2) is 11.6 Å². The second-order valence-corrected chi connectivity index (χ2v) is 7.77. The molecule has 0 bridgehead atoms. The minimum atomic E-state index is -0.658. The van der Waals surface area contributed by atoms with E-state index in [-0.39, 0.29) is 29.1 Å². The van der Waals surface area contributed by atoms with Crippen molar-refractivity contribution in [3.8, 4) is 11.3 Å². The molecule has 0 radical (unpaired) electrons. The van der Waals surface area contributed by atoms with E-state index in [1.54, 1.807) is 25.1 Å². The number of halogens is 2. The van der Waals surface area contributed by atoms with Crippen LogP contribution in [0.3, 0.4) is 0 Å². The SMILES string of the molecule is CNN(O)SNc1nccc(Cc2c(C)c3ccc(-c4ncccc4F)cc3oc2=O)c1F. The zero-order valence-corrected chi connectivity index (χ0v) is 18.4. The van der Waals surface area contributed by atoms with E-state index in [4.69, 9.17) is 4.42 Å². The number of nitrogens with zero attached hydrogens (tertiary/aromatic N) is 3. The summed E-state index contributed by atoms with van der Waals surface area (Å²) in [5.74, 6) is -1.24. The Balaban J connectivity index is 1.69. The zero-order valence-electron chi connectivity index (χ0n) is 17.6. The number of benzene rings is 1. The van der Waals surface area contributed by atoms with Crippen LogP contribution in [0.1, 0.15) is 16.7 Å². The van der Waals surface area contributed by atoms with Crippen molar-refractivity contribution < 1.29 is 18.4 Å². The van der Waals surface area contributed by atoms with E-state index in [2.05, 4.69) is 20.1 Å². The van der Waals surface area contributed by atoms with Crippen molar-refractivity contribution in [1.29, 1.82) is 0 Å². The van der Waals surface area contributed by atoms with E-state index in [9.17, 15) is 18.8 Å². The van der Waals surface area contributed by atoms with E-state index in [1.807, 2.05) is 0 Å². The number of pyridine rings is 2. The average Bonchev–Trinajstić information content (AvgIpc) is 2.81. The summed E-state index contributed by atoms with van der Waals surface area (Å²) < 4.78 is 37.8. The number of rotatable bonds is 7. The highest BCUT2D eigenvalue weighted by atomic mass is 32.2. The van der Waals surface area contributed by atoms with Gasteiger partial charge in [0, 0.05) is 42.4 Å². The Kier molecular flexibility index (Phi) is 6.65. The lowest BCUT2D eigenvalue weighted by Crippen LogP contribution is -2.26. The van der Waals surface area contributed by atoms with E-state index in [0.29, 0.717) is 38.8 Å². The molecular weight excluding hydrogens is 452 g/mol. The van der Waals surface area contributed by atoms with Gasteiger partial charge in [-0.2, -0.15) is 0 Å². The van der Waals surface area contributed by atoms with Gasteiger partial charge >= 0.3 is 5.63 Å². The summed E-state index contributed by atoms with van der Waals surface area (Å²) in [4.78, 5) is 20.7. The molecule has 3 heterocycles. The fourth-order valence-electron chi connectivity index (χ4n) is 3.36. The minimum Gasteiger partial charge on any atom is -0.422 e. The molecule has 0 amide bonds. The van der Waals surface area contributed by atoms with Gasteiger partial charge < -0.3 is 4.42 Å². The third-order valence-electron chi connectivity index (χ3n) is 5.08. The number of hydrogen-bond acceptors (Lipinski definition) is 9. The van der Waals surface area contributed by atoms with E-state index >= 15 is 0 Å². The third kappa shape index (κ3) is 4.71. The van der Waals surface area contributed by atoms with Crippen LogP contribution in [0.15, 0.2) is 58.0 Å². The Bertz CT molecular complexity index is 1380. The maximum Gasteiger partial charge on any atom is 0.340 e. The number of fused-ring (bicyclic) bond motifs is 1. The van der Waals surface area contributed by atoms with Crippen molar-refractivity contribution >= 4 is 28.9 Å². The van der Waals surface area contributed by atoms with Crippen LogP contribution in [-0.4, -0.2) is 26.8 Å². The number of hydrogen-bond donors (Lipinski definition) is 3. The van der Waals surface area contributed by atoms with Crippen LogP contribution in [0, 0.1) is 18.6 Å². The normalized spacial score (nSPS) is 11.3. The van der Waals surface area contributed by atoms with Crippen molar-refractivity contribution in [2.75, 3.05) is 11.8 Å². The van der Waals surface area contributed by atoms with Gasteiger partial charge in [-0.3, -0.25) is 14.9 Å². The molecule has 0 saturated heterocycles. The number of anilines is 1. The first kappa shape index (κ1) is 22.8. The molecule has 4 aromatic rings. The molecule has 33 heavy (non-hydrogen) atoms. The van der Waals surface area contributed by atoms with Crippen LogP contribution >= 0.6 is 12.1 Å². The van der Waals surface area contributed by atoms with Crippen molar-refractivity contribution in [3.05, 3.63) is 87.5 Å². The highest BCUT2D eigenvalue weighted by Gasteiger charge is 2.18. The maximum atomic E-state index is 14.9. The van der Waals surface area contributed by atoms with Crippen LogP contribution in [0.5, 0.6) is 0 Å². The predicted molar refractivity (Wildman–Crippen MR) is 121 cm³/mol. The number of aromatic nitrogens is 2. The van der Waals surface area contributed by atoms with Gasteiger partial charge in [0.25, 0.3) is 0 Å². The fourth-order valence-corrected chi connectivity index (χ4v) is 3.76. The van der Waals surface area contributed by atoms with Gasteiger partial charge in [-0.1, -0.05) is 12.1 Å². The first-order valence-electron chi connectivity index (χ1n) is 9.79. The van der Waals surface area contributed by atoms with Gasteiger partial charge in [0.1, 0.15) is 17.1 Å². The molecule has 11 heteroatoms. The standard InChI is InChI=1S/C22H19F2N5O3S/c1-12-15-6-5-14(20-17(23)4-3-8-26-20)11-18(15)32-22(30)16(12)10-13-7-9-27-21(19(13)24)28-33-29(31)25-2/h3-9,11,25,31H,10H2,1-2H3,(H,27,28). The molecule has 8 nitrogen and oxygen atoms in total. The van der Waals surface area contributed by atoms with Crippen LogP contribution in [0.2, 0.25) is 0 Å². The summed E-state index contributed by atoms with van der Waals surface area (Å²) >= 11 is 0.681. The highest BCUT2D eigenvalue weighted by molar-refractivity contribution is 7.98. The molecule has 3 aromatic heterocycles. The van der Waals surface area contributed by atoms with Crippen LogP contribution in [0.25, 0.3) is 22.2 Å². The molecule has 0 aliphatic carbocycles. The smallest absolute Gasteiger partial charge is 0.340 e. The van der Waals surface area contributed by atoms with E-state index < -0.39 is 17.3 Å². The van der Waals surface area contributed by atoms with Crippen molar-refractivity contribution in [2.24, 2.45) is 0 Å². The van der Waals surface area contributed by atoms with Crippen molar-refractivity contribution in [3.63, 3.8) is 0 Å². The zero-order chi connectivity index (χ0) is 23.5. The fraction of sp³-hybridized carbons (Fsp3) is 0.136. The lowest BCUT2D eigenvalue weighted by molar-refractivity contribution is -0.0230. The summed E-state index contributed by atoms with van der Waals surface area (Å²) in [7, 11) is 1.48. The Labute approximate surface area is 191 Å². The highest BCUT2D eigenvalue weighted by Crippen LogP contribution is 2.28. The molecule has 0 aliphatic heterocycles. The predicted octanol–water partition coefficient (Wildman–Crippen LogP) is 4.23. The van der Waals surface area contributed by atoms with Gasteiger partial charge in [0.2, 0.25) is 0 Å². The topological polar surface area (TPSA) is 104 Å². The number of nitrogens with one attached hydrogen (secondary N) is 2. The van der Waals surface area contributed by atoms with Gasteiger partial charge in [-0.25, -0.2) is 24.0 Å². The molecule has 0 saturated carbocycles. The van der Waals surface area contributed by atoms with Gasteiger partial charge in [-0.05, 0) is 46.9 Å². The molecule has 4 rings (SSSR count). The molecule has 170 valence electrons. The van der Waals surface area contributed by atoms with Crippen LogP contribution in [-0.2, 0) is 6.42 Å². The molecule has 0 atom stereocenters. The number of hydrazine groups is 1. The minimum absolute atomic E-state index is 0.0245. The molecule has 0 fully saturated rings. The lowest BCUT2D eigenvalue weighted by atomic mass is 9.98. The van der Waals surface area contributed by atoms with Crippen LogP contribution < -0.4 is 15.8 Å². The molecule has 3 N–H and O–H groups in total. The Hall–Kier alpha value is -3.38. The summed E-state index contributed by atoms with van der Waals surface area (Å²) in [6.45, 7) is 1.75. The summed E-state index contributed by atoms with van der Waals surface area (Å²) in [5.41, 5.74) is 3.87. The first-order valence-corrected chi connectivity index (χ1v) is 10.6. The Morgan fingerprint density at radius 2 is 2.00 bits per heavy atom. The quantitative estimate of drug-likeness (QED) is 0.208. The maximum absolute atomic E-state index is 14.9.